The van der Waals surface area contributed by atoms with E-state index in [2.05, 4.69) is 38.0 Å². The zero-order valence-electron chi connectivity index (χ0n) is 14.2. The van der Waals surface area contributed by atoms with Gasteiger partial charge in [0.05, 0.1) is 11.4 Å². The number of hydrogen-bond acceptors (Lipinski definition) is 9. The fraction of sp³-hybridized carbons (Fsp3) is 0.333. The Labute approximate surface area is 163 Å². The summed E-state index contributed by atoms with van der Waals surface area (Å²) in [6.45, 7) is 4.12. The Hall–Kier alpha value is -1.98. The van der Waals surface area contributed by atoms with Gasteiger partial charge < -0.3 is 0 Å². The van der Waals surface area contributed by atoms with Crippen LogP contribution in [0.4, 0.5) is 5.13 Å². The number of hydrogen-bond donors (Lipinski definition) is 1. The highest BCUT2D eigenvalue weighted by Gasteiger charge is 2.14. The van der Waals surface area contributed by atoms with Crippen molar-refractivity contribution in [2.45, 2.75) is 29.8 Å². The topological polar surface area (TPSA) is 98.5 Å². The largest absolute Gasteiger partial charge is 0.300 e. The van der Waals surface area contributed by atoms with Gasteiger partial charge in [-0.1, -0.05) is 66.9 Å². The summed E-state index contributed by atoms with van der Waals surface area (Å²) in [4.78, 5) is 12.2. The van der Waals surface area contributed by atoms with Crippen molar-refractivity contribution in [3.63, 3.8) is 0 Å². The smallest absolute Gasteiger partial charge is 0.236 e. The van der Waals surface area contributed by atoms with Gasteiger partial charge >= 0.3 is 0 Å². The molecule has 0 aliphatic rings. The molecular weight excluding hydrogens is 390 g/mol. The van der Waals surface area contributed by atoms with E-state index in [-0.39, 0.29) is 11.7 Å². The number of benzene rings is 1. The number of anilines is 1. The van der Waals surface area contributed by atoms with Crippen LogP contribution < -0.4 is 5.32 Å². The molecule has 0 aliphatic heterocycles. The monoisotopic (exact) mass is 407 g/mol. The SMILES string of the molecule is CCSc1nnc(NC(=O)CSc2nnnn2-c2ccccc2CC)s1. The molecule has 0 saturated heterocycles. The molecule has 1 aromatic carbocycles. The first-order valence-electron chi connectivity index (χ1n) is 7.96. The second-order valence-electron chi connectivity index (χ2n) is 5.00. The van der Waals surface area contributed by atoms with Crippen LogP contribution in [-0.2, 0) is 11.2 Å². The molecule has 0 fully saturated rings. The number of thioether (sulfide) groups is 2. The maximum atomic E-state index is 12.2. The average molecular weight is 408 g/mol. The summed E-state index contributed by atoms with van der Waals surface area (Å²) in [6, 6.07) is 7.94. The molecular formula is C15H17N7OS3. The highest BCUT2D eigenvalue weighted by Crippen LogP contribution is 2.25. The van der Waals surface area contributed by atoms with Crippen molar-refractivity contribution >= 4 is 45.9 Å². The quantitative estimate of drug-likeness (QED) is 0.449. The van der Waals surface area contributed by atoms with Crippen molar-refractivity contribution < 1.29 is 4.79 Å². The molecule has 0 saturated carbocycles. The lowest BCUT2D eigenvalue weighted by Crippen LogP contribution is -2.14. The molecule has 26 heavy (non-hydrogen) atoms. The summed E-state index contributed by atoms with van der Waals surface area (Å²) in [6.07, 6.45) is 0.871. The molecule has 3 aromatic rings. The van der Waals surface area contributed by atoms with Crippen LogP contribution in [0.3, 0.4) is 0 Å². The van der Waals surface area contributed by atoms with E-state index in [1.165, 1.54) is 23.1 Å². The Balaban J connectivity index is 1.63. The molecule has 1 amide bonds. The minimum atomic E-state index is -0.169. The minimum Gasteiger partial charge on any atom is -0.300 e. The normalized spacial score (nSPS) is 10.8. The first-order chi connectivity index (χ1) is 12.7. The third kappa shape index (κ3) is 4.59. The molecule has 11 heteroatoms. The molecule has 1 N–H and O–H groups in total. The maximum absolute atomic E-state index is 12.2. The lowest BCUT2D eigenvalue weighted by atomic mass is 10.1. The molecule has 2 aromatic heterocycles. The Kier molecular flexibility index (Phi) is 6.58. The van der Waals surface area contributed by atoms with Gasteiger partial charge in [0.25, 0.3) is 0 Å². The van der Waals surface area contributed by atoms with Crippen molar-refractivity contribution in [3.05, 3.63) is 29.8 Å². The van der Waals surface area contributed by atoms with Gasteiger partial charge in [0.15, 0.2) is 4.34 Å². The van der Waals surface area contributed by atoms with Crippen molar-refractivity contribution in [2.75, 3.05) is 16.8 Å². The molecule has 0 radical (unpaired) electrons. The maximum Gasteiger partial charge on any atom is 0.236 e. The van der Waals surface area contributed by atoms with Crippen LogP contribution in [0.2, 0.25) is 0 Å². The molecule has 0 bridgehead atoms. The third-order valence-electron chi connectivity index (χ3n) is 3.29. The molecule has 0 aliphatic carbocycles. The van der Waals surface area contributed by atoms with E-state index in [1.54, 1.807) is 16.4 Å². The van der Waals surface area contributed by atoms with E-state index in [0.717, 1.165) is 27.8 Å². The van der Waals surface area contributed by atoms with Gasteiger partial charge in [-0.05, 0) is 34.2 Å². The summed E-state index contributed by atoms with van der Waals surface area (Å²) < 4.78 is 2.51. The molecule has 8 nitrogen and oxygen atoms in total. The summed E-state index contributed by atoms with van der Waals surface area (Å²) in [7, 11) is 0. The number of aryl methyl sites for hydroxylation is 1. The van der Waals surface area contributed by atoms with Gasteiger partial charge in [-0.2, -0.15) is 4.68 Å². The Bertz CT molecular complexity index is 880. The van der Waals surface area contributed by atoms with Gasteiger partial charge in [-0.15, -0.1) is 15.3 Å². The van der Waals surface area contributed by atoms with Crippen molar-refractivity contribution in [1.29, 1.82) is 0 Å². The zero-order chi connectivity index (χ0) is 18.4. The number of nitrogens with zero attached hydrogens (tertiary/aromatic N) is 6. The Morgan fingerprint density at radius 1 is 1.19 bits per heavy atom. The number of para-hydroxylation sites is 1. The van der Waals surface area contributed by atoms with Crippen molar-refractivity contribution in [1.82, 2.24) is 30.4 Å². The lowest BCUT2D eigenvalue weighted by molar-refractivity contribution is -0.113. The Morgan fingerprint density at radius 3 is 2.85 bits per heavy atom. The van der Waals surface area contributed by atoms with Crippen LogP contribution in [0.15, 0.2) is 33.8 Å². The highest BCUT2D eigenvalue weighted by molar-refractivity contribution is 8.01. The van der Waals surface area contributed by atoms with Crippen molar-refractivity contribution in [2.24, 2.45) is 0 Å². The van der Waals surface area contributed by atoms with E-state index < -0.39 is 0 Å². The summed E-state index contributed by atoms with van der Waals surface area (Å²) >= 11 is 4.24. The van der Waals surface area contributed by atoms with Gasteiger partial charge in [0, 0.05) is 0 Å². The minimum absolute atomic E-state index is 0.169. The first kappa shape index (κ1) is 18.8. The number of amides is 1. The number of rotatable bonds is 8. The standard InChI is InChI=1S/C15H17N7OS3/c1-3-10-7-5-6-8-11(10)22-14(18-20-21-22)25-9-12(23)16-13-17-19-15(26-13)24-4-2/h5-8H,3-4,9H2,1-2H3,(H,16,17,23). The second-order valence-corrected chi connectivity index (χ2v) is 8.43. The molecule has 2 heterocycles. The fourth-order valence-electron chi connectivity index (χ4n) is 2.16. The molecule has 0 spiro atoms. The second kappa shape index (κ2) is 9.10. The summed E-state index contributed by atoms with van der Waals surface area (Å²) in [5, 5.41) is 23.7. The molecule has 0 atom stereocenters. The van der Waals surface area contributed by atoms with Crippen LogP contribution in [0, 0.1) is 0 Å². The fourth-order valence-corrected chi connectivity index (χ4v) is 4.51. The van der Waals surface area contributed by atoms with E-state index in [9.17, 15) is 4.79 Å². The Morgan fingerprint density at radius 2 is 2.04 bits per heavy atom. The van der Waals surface area contributed by atoms with Gasteiger partial charge in [0.2, 0.25) is 16.2 Å². The lowest BCUT2D eigenvalue weighted by Gasteiger charge is -2.08. The van der Waals surface area contributed by atoms with Gasteiger partial charge in [-0.3, -0.25) is 10.1 Å². The molecule has 136 valence electrons. The summed E-state index contributed by atoms with van der Waals surface area (Å²) in [5.74, 6) is 0.933. The van der Waals surface area contributed by atoms with Crippen LogP contribution in [0.5, 0.6) is 0 Å². The van der Waals surface area contributed by atoms with E-state index in [0.29, 0.717) is 10.3 Å². The van der Waals surface area contributed by atoms with E-state index in [4.69, 9.17) is 0 Å². The molecule has 0 unspecified atom stereocenters. The number of carbonyl (C=O) groups excluding carboxylic acids is 1. The van der Waals surface area contributed by atoms with E-state index >= 15 is 0 Å². The zero-order valence-corrected chi connectivity index (χ0v) is 16.7. The highest BCUT2D eigenvalue weighted by atomic mass is 32.2. The van der Waals surface area contributed by atoms with Crippen LogP contribution in [-0.4, -0.2) is 47.8 Å². The van der Waals surface area contributed by atoms with E-state index in [1.807, 2.05) is 31.2 Å². The number of tetrazole rings is 1. The van der Waals surface area contributed by atoms with Gasteiger partial charge in [-0.25, -0.2) is 0 Å². The van der Waals surface area contributed by atoms with Crippen LogP contribution in [0.25, 0.3) is 5.69 Å². The molecule has 3 rings (SSSR count). The van der Waals surface area contributed by atoms with Crippen molar-refractivity contribution in [3.8, 4) is 5.69 Å². The number of carbonyl (C=O) groups is 1. The number of nitrogens with one attached hydrogen (secondary N) is 1. The third-order valence-corrected chi connectivity index (χ3v) is 6.07. The van der Waals surface area contributed by atoms with Crippen LogP contribution >= 0.6 is 34.9 Å². The first-order valence-corrected chi connectivity index (χ1v) is 10.8. The predicted octanol–water partition coefficient (Wildman–Crippen LogP) is 2.92. The average Bonchev–Trinajstić information content (AvgIpc) is 3.29. The van der Waals surface area contributed by atoms with Gasteiger partial charge in [0.1, 0.15) is 0 Å². The van der Waals surface area contributed by atoms with Crippen LogP contribution in [0.1, 0.15) is 19.4 Å². The number of aromatic nitrogens is 6. The summed E-state index contributed by atoms with van der Waals surface area (Å²) in [5.41, 5.74) is 2.06. The predicted molar refractivity (Wildman–Crippen MR) is 104 cm³/mol.